The van der Waals surface area contributed by atoms with Gasteiger partial charge in [0.25, 0.3) is 5.91 Å². The van der Waals surface area contributed by atoms with E-state index in [1.165, 1.54) is 54.7 Å². The van der Waals surface area contributed by atoms with Crippen molar-refractivity contribution in [1.82, 2.24) is 45.6 Å². The predicted octanol–water partition coefficient (Wildman–Crippen LogP) is 17.1. The van der Waals surface area contributed by atoms with Crippen LogP contribution in [0.3, 0.4) is 0 Å². The Balaban J connectivity index is 0.000000155. The smallest absolute Gasteiger partial charge is 0.319 e. The number of carbonyl (C=O) groups excluding carboxylic acids is 4. The number of thiazole rings is 1. The molecule has 1 aliphatic carbocycles. The van der Waals surface area contributed by atoms with Gasteiger partial charge in [0.2, 0.25) is 5.91 Å². The Kier molecular flexibility index (Phi) is 29.1. The Morgan fingerprint density at radius 1 is 0.887 bits per heavy atom. The maximum atomic E-state index is 12.2. The largest absolute Gasteiger partial charge is 0.486 e. The molecule has 0 bridgehead atoms. The normalized spacial score (nSPS) is 16.1. The number of thioether (sulfide) groups is 1. The van der Waals surface area contributed by atoms with Gasteiger partial charge in [-0.2, -0.15) is 38.6 Å². The summed E-state index contributed by atoms with van der Waals surface area (Å²) in [4.78, 5) is 59.8. The second kappa shape index (κ2) is 38.8. The number of sulfone groups is 1. The highest BCUT2D eigenvalue weighted by molar-refractivity contribution is 8.00. The maximum Gasteiger partial charge on any atom is 0.319 e. The summed E-state index contributed by atoms with van der Waals surface area (Å²) in [6.45, 7) is 13.8. The zero-order valence-corrected chi connectivity index (χ0v) is 65.5. The van der Waals surface area contributed by atoms with Crippen LogP contribution in [0.5, 0.6) is 5.75 Å². The number of ether oxygens (including phenoxy) is 2. The van der Waals surface area contributed by atoms with Crippen LogP contribution < -0.4 is 31.3 Å². The van der Waals surface area contributed by atoms with Crippen LogP contribution in [0.15, 0.2) is 150 Å². The van der Waals surface area contributed by atoms with E-state index in [2.05, 4.69) is 86.5 Å². The van der Waals surface area contributed by atoms with E-state index in [0.717, 1.165) is 93.1 Å². The number of nitrogens with zero attached hydrogens (tertiary/aromatic N) is 7. The van der Waals surface area contributed by atoms with E-state index in [0.29, 0.717) is 83.4 Å². The van der Waals surface area contributed by atoms with Crippen LogP contribution >= 0.6 is 57.6 Å². The molecule has 3 aliphatic rings. The first kappa shape index (κ1) is 79.3. The van der Waals surface area contributed by atoms with E-state index in [9.17, 15) is 32.9 Å². The number of aromatic nitrogens is 7. The first-order valence-corrected chi connectivity index (χ1v) is 40.2. The molecule has 0 radical (unpaired) electrons. The van der Waals surface area contributed by atoms with Gasteiger partial charge in [-0.3, -0.25) is 24.0 Å². The molecule has 4 aromatic carbocycles. The van der Waals surface area contributed by atoms with Gasteiger partial charge in [-0.15, -0.1) is 16.4 Å². The average Bonchev–Trinajstić information content (AvgIpc) is 1.68. The highest BCUT2D eigenvalue weighted by atomic mass is 35.5. The summed E-state index contributed by atoms with van der Waals surface area (Å²) in [5.41, 5.74) is 14.7. The standard InChI is InChI=1S/C19H23N5.C17H18N2O3.C15H14N2O2S2.C14H15ClN2O2S.C14H19ClN2OS/c1-13-14(2)23-24-19(18(13)12-20)22-16-8-6-15(7-9-16)11-17-5-3-4-10-21-17;1-2-12(20)10-22-13-5-3-11(4-6-13)14-7-17(21)19-16-9-18-8-15(14)16;1-17-15(12-7-8-20-10-12)9-14(16-17)11-3-5-13(6-4-11)21(2,18)19;1-8-12(13(18)17-9(2)19-3)20-14(16-8)10-6-4-5-7-11(10)15;1-9-6-10(2)13(12(15)7-9)17-14(18)16-8-11-4-3-5-19-11/h3-5,10,15-16H,6-9,11H2,1-2H3,(H,22,24);3-6,8-9,14,18H,2,7,10H2,1H3,(H,19,21);3-10H,1-2H3;4-7,9H,1-3H3,(H,17,18);6-7,11H,3-5,8H2,1-2H3,(H2,16,17,18)/t;;;;11-/m....0/s1/i;;;3D;. The molecule has 6 N–H and O–H groups in total. The van der Waals surface area contributed by atoms with Crippen LogP contribution in [-0.2, 0) is 37.6 Å². The van der Waals surface area contributed by atoms with E-state index >= 15 is 0 Å². The molecule has 106 heavy (non-hydrogen) atoms. The number of Topliss-reactive ketones (excluding diaryl/α,β-unsaturated/α-hetero) is 1. The maximum absolute atomic E-state index is 12.2. The van der Waals surface area contributed by atoms with Gasteiger partial charge < -0.3 is 41.0 Å². The number of ketones is 1. The molecule has 13 rings (SSSR count). The van der Waals surface area contributed by atoms with E-state index in [4.69, 9.17) is 34.0 Å². The Labute approximate surface area is 643 Å². The summed E-state index contributed by atoms with van der Waals surface area (Å²) in [6.07, 6.45) is 15.2. The quantitative estimate of drug-likeness (QED) is 0.0410. The lowest BCUT2D eigenvalue weighted by atomic mass is 9.83. The Morgan fingerprint density at radius 3 is 2.30 bits per heavy atom. The molecule has 6 aromatic heterocycles. The zero-order chi connectivity index (χ0) is 76.7. The number of thiophene rings is 1. The van der Waals surface area contributed by atoms with E-state index < -0.39 is 16.1 Å². The minimum Gasteiger partial charge on any atom is -0.486 e. The van der Waals surface area contributed by atoms with Crippen LogP contribution in [0.2, 0.25) is 10.0 Å². The number of methoxy groups -OCH3 is 1. The first-order chi connectivity index (χ1) is 51.4. The fourth-order valence-electron chi connectivity index (χ4n) is 12.0. The third-order valence-corrected chi connectivity index (χ3v) is 23.0. The number of amides is 4. The third kappa shape index (κ3) is 22.9. The van der Waals surface area contributed by atoms with E-state index in [1.807, 2.05) is 143 Å². The summed E-state index contributed by atoms with van der Waals surface area (Å²) < 4.78 is 42.2. The number of nitrogens with one attached hydrogen (secondary N) is 6. The number of fused-ring (bicyclic) bond motifs is 1. The second-order valence-electron chi connectivity index (χ2n) is 26.0. The molecular weight excluding hydrogens is 1460 g/mol. The number of nitriles is 1. The third-order valence-electron chi connectivity index (χ3n) is 18.0. The van der Waals surface area contributed by atoms with Gasteiger partial charge in [0, 0.05) is 109 Å². The van der Waals surface area contributed by atoms with Crippen molar-refractivity contribution in [3.8, 4) is 44.9 Å². The number of carbonyl (C=O) groups is 4. The highest BCUT2D eigenvalue weighted by Gasteiger charge is 2.28. The summed E-state index contributed by atoms with van der Waals surface area (Å²) in [6, 6.07) is 38.3. The molecule has 3 atom stereocenters. The number of urea groups is 1. The van der Waals surface area contributed by atoms with Crippen molar-refractivity contribution < 1.29 is 38.4 Å². The lowest BCUT2D eigenvalue weighted by molar-refractivity contribution is -0.120. The SMILES string of the molecule is CCC(=O)COc1ccc(C2CC(=O)Nc3c[nH]cc32)cc1.Cc1cc(C)c(NC(=O)NC[C@@H]2CCCS2)c(Cl)c1.Cc1nnc(NC2CCC(Cc3ccccn3)CC2)c(C#N)c1C.Cn1nc(-c2ccc(S(C)(=O)=O)cc2)cc1-c1ccsc1.[2H]COC(C)NC(=O)c1sc(-c2ccccc2Cl)nc1C. The zero-order valence-electron chi connectivity index (χ0n) is 61.7. The lowest BCUT2D eigenvalue weighted by Gasteiger charge is -2.29. The predicted molar refractivity (Wildman–Crippen MR) is 426 cm³/mol. The first-order valence-electron chi connectivity index (χ1n) is 35.4. The van der Waals surface area contributed by atoms with Crippen LogP contribution in [0, 0.1) is 51.9 Å². The van der Waals surface area contributed by atoms with Crippen molar-refractivity contribution in [2.75, 3.05) is 48.2 Å². The van der Waals surface area contributed by atoms with Crippen molar-refractivity contribution in [2.24, 2.45) is 13.0 Å². The number of aromatic amines is 1. The Bertz CT molecular complexity index is 4770. The molecule has 1 saturated carbocycles. The molecule has 10 aromatic rings. The lowest BCUT2D eigenvalue weighted by Crippen LogP contribution is -2.33. The molecule has 21 nitrogen and oxygen atoms in total. The number of aryl methyl sites for hydroxylation is 5. The van der Waals surface area contributed by atoms with E-state index in [1.54, 1.807) is 61.7 Å². The number of benzene rings is 4. The number of H-pyrrole nitrogens is 1. The summed E-state index contributed by atoms with van der Waals surface area (Å²) in [7, 11) is -1.46. The molecule has 4 amide bonds. The van der Waals surface area contributed by atoms with Gasteiger partial charge in [0.15, 0.2) is 21.4 Å². The number of pyridine rings is 1. The summed E-state index contributed by atoms with van der Waals surface area (Å²) in [5, 5.41) is 43.5. The summed E-state index contributed by atoms with van der Waals surface area (Å²) >= 11 is 17.2. The van der Waals surface area contributed by atoms with Gasteiger partial charge in [-0.25, -0.2) is 18.2 Å². The van der Waals surface area contributed by atoms with Crippen LogP contribution in [0.1, 0.15) is 133 Å². The fraction of sp³-hybridized carbons (Fsp3) is 0.342. The summed E-state index contributed by atoms with van der Waals surface area (Å²) in [5.74, 6) is 3.08. The molecule has 556 valence electrons. The van der Waals surface area contributed by atoms with E-state index in [-0.39, 0.29) is 43.2 Å². The minimum absolute atomic E-state index is 0.0194. The van der Waals surface area contributed by atoms with Crippen molar-refractivity contribution >= 4 is 108 Å². The van der Waals surface area contributed by atoms with Crippen molar-refractivity contribution in [2.45, 2.75) is 135 Å². The molecule has 8 heterocycles. The van der Waals surface area contributed by atoms with Gasteiger partial charge in [-0.1, -0.05) is 84.7 Å². The van der Waals surface area contributed by atoms with Crippen molar-refractivity contribution in [1.29, 1.82) is 5.26 Å². The second-order valence-corrected chi connectivity index (χ2v) is 32.0. The number of anilines is 3. The van der Waals surface area contributed by atoms with Gasteiger partial charge in [0.05, 0.1) is 50.5 Å². The van der Waals surface area contributed by atoms with Crippen LogP contribution in [0.4, 0.5) is 22.0 Å². The number of halogens is 2. The van der Waals surface area contributed by atoms with Crippen molar-refractivity contribution in [3.63, 3.8) is 0 Å². The molecular formula is C79H89Cl2N13O8S4. The van der Waals surface area contributed by atoms with Gasteiger partial charge in [0.1, 0.15) is 40.1 Å². The molecule has 1 saturated heterocycles. The van der Waals surface area contributed by atoms with Crippen molar-refractivity contribution in [3.05, 3.63) is 210 Å². The number of rotatable bonds is 19. The molecule has 2 fully saturated rings. The van der Waals surface area contributed by atoms with Gasteiger partial charge >= 0.3 is 6.03 Å². The van der Waals surface area contributed by atoms with Crippen LogP contribution in [0.25, 0.3) is 33.1 Å². The minimum atomic E-state index is -3.16. The average molecular weight is 1550 g/mol. The molecule has 2 unspecified atom stereocenters. The highest BCUT2D eigenvalue weighted by Crippen LogP contribution is 2.39. The fourth-order valence-corrected chi connectivity index (χ4v) is 16.2. The number of hydrogen-bond acceptors (Lipinski definition) is 18. The van der Waals surface area contributed by atoms with Gasteiger partial charge in [-0.05, 0) is 186 Å². The molecule has 0 spiro atoms. The Morgan fingerprint density at radius 2 is 1.64 bits per heavy atom. The topological polar surface area (TPSA) is 290 Å². The molecule has 27 heteroatoms. The number of hydrogen-bond donors (Lipinski definition) is 6. The Hall–Kier alpha value is -9.26. The monoisotopic (exact) mass is 1550 g/mol. The molecule has 2 aliphatic heterocycles. The van der Waals surface area contributed by atoms with Crippen LogP contribution in [-0.4, -0.2) is 117 Å².